The third kappa shape index (κ3) is 4.68. The summed E-state index contributed by atoms with van der Waals surface area (Å²) in [5.41, 5.74) is 1.96. The minimum atomic E-state index is -4.97. The number of anilines is 2. The van der Waals surface area contributed by atoms with Crippen LogP contribution in [-0.4, -0.2) is 71.0 Å². The van der Waals surface area contributed by atoms with Gasteiger partial charge in [0.2, 0.25) is 5.88 Å². The molecule has 0 saturated carbocycles. The van der Waals surface area contributed by atoms with Crippen LogP contribution in [0.3, 0.4) is 0 Å². The van der Waals surface area contributed by atoms with Crippen LogP contribution < -0.4 is 20.1 Å². The summed E-state index contributed by atoms with van der Waals surface area (Å²) in [6, 6.07) is 3.10. The van der Waals surface area contributed by atoms with Gasteiger partial charge in [-0.1, -0.05) is 11.6 Å². The van der Waals surface area contributed by atoms with E-state index in [4.69, 9.17) is 26.8 Å². The second-order valence-electron chi connectivity index (χ2n) is 10.9. The van der Waals surface area contributed by atoms with E-state index >= 15 is 4.39 Å². The summed E-state index contributed by atoms with van der Waals surface area (Å²) in [7, 11) is 1.62. The molecule has 0 bridgehead atoms. The molecule has 5 heterocycles. The van der Waals surface area contributed by atoms with Crippen molar-refractivity contribution in [2.24, 2.45) is 0 Å². The van der Waals surface area contributed by atoms with Crippen molar-refractivity contribution < 1.29 is 31.4 Å². The fourth-order valence-corrected chi connectivity index (χ4v) is 6.55. The molecule has 9 nitrogen and oxygen atoms in total. The lowest BCUT2D eigenvalue weighted by molar-refractivity contribution is -0.137. The molecule has 222 valence electrons. The van der Waals surface area contributed by atoms with Gasteiger partial charge in [-0.15, -0.1) is 0 Å². The molecule has 3 aliphatic heterocycles. The number of alkyl halides is 4. The Labute approximate surface area is 242 Å². The number of hydrogen-bond acceptors (Lipinski definition) is 9. The number of pyridine rings is 1. The van der Waals surface area contributed by atoms with Crippen LogP contribution in [0.25, 0.3) is 22.2 Å². The van der Waals surface area contributed by atoms with Gasteiger partial charge in [0.05, 0.1) is 34.7 Å². The van der Waals surface area contributed by atoms with E-state index in [1.54, 1.807) is 11.9 Å². The Kier molecular flexibility index (Phi) is 6.93. The molecule has 3 aliphatic rings. The van der Waals surface area contributed by atoms with Crippen LogP contribution >= 0.6 is 11.6 Å². The minimum absolute atomic E-state index is 0.000410. The van der Waals surface area contributed by atoms with Gasteiger partial charge in [-0.05, 0) is 31.5 Å². The highest BCUT2D eigenvalue weighted by molar-refractivity contribution is 6.32. The summed E-state index contributed by atoms with van der Waals surface area (Å²) in [6.45, 7) is 0.959. The molecule has 42 heavy (non-hydrogen) atoms. The van der Waals surface area contributed by atoms with E-state index in [-0.39, 0.29) is 54.8 Å². The first-order valence-electron chi connectivity index (χ1n) is 13.2. The summed E-state index contributed by atoms with van der Waals surface area (Å²) in [5, 5.41) is 8.64. The van der Waals surface area contributed by atoms with Gasteiger partial charge in [0.25, 0.3) is 0 Å². The number of hydrogen-bond donors (Lipinski definition) is 1. The number of ether oxygens (including phenoxy) is 2. The van der Waals surface area contributed by atoms with Gasteiger partial charge in [0.15, 0.2) is 5.82 Å². The SMILES string of the molecule is CN1c2nc(OC[C@@]34CCCN3C[C@H](F)C4)nc3c(F)c(-c4cc(N)cc(Cl)c4C(F)(F)F)nc(c23)OCC1CC#N. The number of nitriles is 1. The highest BCUT2D eigenvalue weighted by Crippen LogP contribution is 2.46. The average molecular weight is 610 g/mol. The molecule has 2 saturated heterocycles. The number of nitrogens with two attached hydrogens (primary N) is 1. The lowest BCUT2D eigenvalue weighted by Gasteiger charge is -2.31. The predicted octanol–water partition coefficient (Wildman–Crippen LogP) is 5.15. The van der Waals surface area contributed by atoms with Crippen LogP contribution in [0.15, 0.2) is 12.1 Å². The summed E-state index contributed by atoms with van der Waals surface area (Å²) in [4.78, 5) is 16.5. The van der Waals surface area contributed by atoms with Crippen molar-refractivity contribution >= 4 is 34.0 Å². The highest BCUT2D eigenvalue weighted by atomic mass is 35.5. The van der Waals surface area contributed by atoms with Crippen LogP contribution in [0.4, 0.5) is 33.5 Å². The summed E-state index contributed by atoms with van der Waals surface area (Å²) < 4.78 is 84.8. The quantitative estimate of drug-likeness (QED) is 0.310. The zero-order chi connectivity index (χ0) is 30.0. The third-order valence-electron chi connectivity index (χ3n) is 8.22. The van der Waals surface area contributed by atoms with Gasteiger partial charge in [0.1, 0.15) is 41.8 Å². The normalized spacial score (nSPS) is 23.9. The average Bonchev–Trinajstić information content (AvgIpc) is 3.40. The van der Waals surface area contributed by atoms with Gasteiger partial charge in [-0.25, -0.2) is 13.8 Å². The molecule has 0 amide bonds. The van der Waals surface area contributed by atoms with Crippen molar-refractivity contribution in [3.8, 4) is 29.2 Å². The fraction of sp³-hybridized carbons (Fsp3) is 0.481. The summed E-state index contributed by atoms with van der Waals surface area (Å²) >= 11 is 5.94. The van der Waals surface area contributed by atoms with Crippen molar-refractivity contribution in [1.29, 1.82) is 5.26 Å². The van der Waals surface area contributed by atoms with Crippen molar-refractivity contribution in [2.45, 2.75) is 49.6 Å². The number of likely N-dealkylation sites (N-methyl/N-ethyl adjacent to an activating group) is 1. The van der Waals surface area contributed by atoms with Crippen LogP contribution in [0, 0.1) is 17.1 Å². The zero-order valence-corrected chi connectivity index (χ0v) is 23.1. The van der Waals surface area contributed by atoms with Crippen molar-refractivity contribution in [1.82, 2.24) is 19.9 Å². The molecule has 1 aromatic carbocycles. The van der Waals surface area contributed by atoms with Crippen LogP contribution in [-0.2, 0) is 6.18 Å². The molecule has 0 spiro atoms. The smallest absolute Gasteiger partial charge is 0.418 e. The molecule has 3 aromatic rings. The molecular weight excluding hydrogens is 585 g/mol. The first kappa shape index (κ1) is 28.4. The molecule has 0 aliphatic carbocycles. The number of nitrogen functional groups attached to an aromatic ring is 1. The molecule has 15 heteroatoms. The van der Waals surface area contributed by atoms with Gasteiger partial charge in [0, 0.05) is 31.3 Å². The third-order valence-corrected chi connectivity index (χ3v) is 8.51. The number of rotatable bonds is 5. The molecular formula is C27H25ClF5N7O2. The Morgan fingerprint density at radius 1 is 1.29 bits per heavy atom. The lowest BCUT2D eigenvalue weighted by atomic mass is 9.95. The zero-order valence-electron chi connectivity index (χ0n) is 22.3. The Balaban J connectivity index is 1.53. The van der Waals surface area contributed by atoms with Crippen LogP contribution in [0.2, 0.25) is 5.02 Å². The molecule has 1 unspecified atom stereocenters. The summed E-state index contributed by atoms with van der Waals surface area (Å²) in [5.74, 6) is -1.30. The number of halogens is 6. The second kappa shape index (κ2) is 10.2. The Morgan fingerprint density at radius 3 is 2.81 bits per heavy atom. The molecule has 2 aromatic heterocycles. The maximum absolute atomic E-state index is 16.4. The molecule has 6 rings (SSSR count). The first-order valence-corrected chi connectivity index (χ1v) is 13.6. The molecule has 3 atom stereocenters. The lowest BCUT2D eigenvalue weighted by Crippen LogP contribution is -2.43. The maximum atomic E-state index is 16.4. The van der Waals surface area contributed by atoms with E-state index in [0.717, 1.165) is 25.1 Å². The predicted molar refractivity (Wildman–Crippen MR) is 144 cm³/mol. The van der Waals surface area contributed by atoms with Gasteiger partial charge < -0.3 is 20.1 Å². The van der Waals surface area contributed by atoms with E-state index in [1.807, 2.05) is 4.90 Å². The number of benzene rings is 1. The number of nitrogens with zero attached hydrogens (tertiary/aromatic N) is 6. The maximum Gasteiger partial charge on any atom is 0.418 e. The number of aromatic nitrogens is 3. The largest absolute Gasteiger partial charge is 0.475 e. The Morgan fingerprint density at radius 2 is 2.07 bits per heavy atom. The van der Waals surface area contributed by atoms with Gasteiger partial charge in [-0.2, -0.15) is 28.4 Å². The van der Waals surface area contributed by atoms with Crippen LogP contribution in [0.5, 0.6) is 11.9 Å². The van der Waals surface area contributed by atoms with Gasteiger partial charge in [-0.3, -0.25) is 4.90 Å². The first-order chi connectivity index (χ1) is 19.9. The molecule has 2 N–H and O–H groups in total. The van der Waals surface area contributed by atoms with Crippen molar-refractivity contribution in [2.75, 3.05) is 44.0 Å². The standard InChI is InChI=1S/C27H25ClF5N7O2/c1-39-15(3-5-34)11-41-24-18-22(20(30)21(36-24)16-7-14(35)8-17(28)19(16)27(31,32)33)37-25(38-23(18)39)42-12-26-4-2-6-40(26)10-13(29)9-26/h7-8,13,15H,2-4,6,9-12,35H2,1H3/t13-,15?,26+/m1/s1. The molecule has 2 fully saturated rings. The monoisotopic (exact) mass is 609 g/mol. The van der Waals surface area contributed by atoms with E-state index in [9.17, 15) is 22.8 Å². The molecule has 0 radical (unpaired) electrons. The second-order valence-corrected chi connectivity index (χ2v) is 11.3. The Hall–Kier alpha value is -3.70. The van der Waals surface area contributed by atoms with Crippen molar-refractivity contribution in [3.63, 3.8) is 0 Å². The fourth-order valence-electron chi connectivity index (χ4n) is 6.22. The van der Waals surface area contributed by atoms with Crippen LogP contribution in [0.1, 0.15) is 31.2 Å². The Bertz CT molecular complexity index is 1620. The highest BCUT2D eigenvalue weighted by Gasteiger charge is 2.49. The van der Waals surface area contributed by atoms with E-state index in [1.165, 1.54) is 0 Å². The number of fused-ring (bicyclic) bond motifs is 1. The summed E-state index contributed by atoms with van der Waals surface area (Å²) in [6.07, 6.45) is -4.13. The topological polar surface area (TPSA) is 113 Å². The van der Waals surface area contributed by atoms with Crippen molar-refractivity contribution in [3.05, 3.63) is 28.5 Å². The van der Waals surface area contributed by atoms with E-state index in [0.29, 0.717) is 13.0 Å². The minimum Gasteiger partial charge on any atom is -0.475 e. The van der Waals surface area contributed by atoms with E-state index < -0.39 is 57.1 Å². The van der Waals surface area contributed by atoms with Gasteiger partial charge >= 0.3 is 12.2 Å². The van der Waals surface area contributed by atoms with E-state index in [2.05, 4.69) is 21.0 Å².